The van der Waals surface area contributed by atoms with Crippen LogP contribution < -0.4 is 5.32 Å². The Morgan fingerprint density at radius 1 is 1.25 bits per heavy atom. The Balaban J connectivity index is 1.62. The molecule has 1 N–H and O–H groups in total. The summed E-state index contributed by atoms with van der Waals surface area (Å²) in [6.45, 7) is 7.67. The number of aryl methyl sites for hydroxylation is 1. The SMILES string of the molecule is Cc1ccc(C(=O)N2CCN(C3CNC3)CC2)cc1Cl. The average Bonchev–Trinajstić information content (AvgIpc) is 2.40. The first-order valence-electron chi connectivity index (χ1n) is 7.15. The van der Waals surface area contributed by atoms with E-state index in [1.807, 2.05) is 24.0 Å². The second kappa shape index (κ2) is 5.72. The van der Waals surface area contributed by atoms with Crippen molar-refractivity contribution in [3.8, 4) is 0 Å². The quantitative estimate of drug-likeness (QED) is 0.895. The van der Waals surface area contributed by atoms with E-state index in [9.17, 15) is 4.79 Å². The third-order valence-corrected chi connectivity index (χ3v) is 4.70. The lowest BCUT2D eigenvalue weighted by Gasteiger charge is -2.43. The summed E-state index contributed by atoms with van der Waals surface area (Å²) < 4.78 is 0. The van der Waals surface area contributed by atoms with Crippen LogP contribution in [0.1, 0.15) is 15.9 Å². The predicted molar refractivity (Wildman–Crippen MR) is 80.3 cm³/mol. The van der Waals surface area contributed by atoms with Crippen LogP contribution in [0.3, 0.4) is 0 Å². The zero-order valence-corrected chi connectivity index (χ0v) is 12.5. The standard InChI is InChI=1S/C15H20ClN3O/c1-11-2-3-12(8-14(11)16)15(20)19-6-4-18(5-7-19)13-9-17-10-13/h2-3,8,13,17H,4-7,9-10H2,1H3. The number of piperazine rings is 1. The van der Waals surface area contributed by atoms with Gasteiger partial charge in [-0.2, -0.15) is 0 Å². The molecule has 108 valence electrons. The first-order valence-corrected chi connectivity index (χ1v) is 7.53. The number of hydrogen-bond donors (Lipinski definition) is 1. The molecule has 1 aromatic carbocycles. The lowest BCUT2D eigenvalue weighted by molar-refractivity contribution is 0.0502. The molecule has 0 spiro atoms. The van der Waals surface area contributed by atoms with Gasteiger partial charge in [-0.15, -0.1) is 0 Å². The third kappa shape index (κ3) is 2.68. The van der Waals surface area contributed by atoms with Crippen molar-refractivity contribution >= 4 is 17.5 Å². The molecular formula is C15H20ClN3O. The fraction of sp³-hybridized carbons (Fsp3) is 0.533. The molecule has 0 bridgehead atoms. The molecule has 3 rings (SSSR count). The second-order valence-corrected chi connectivity index (χ2v) is 6.01. The maximum absolute atomic E-state index is 12.5. The van der Waals surface area contributed by atoms with Crippen LogP contribution in [0.5, 0.6) is 0 Å². The minimum Gasteiger partial charge on any atom is -0.336 e. The molecule has 2 aliphatic heterocycles. The molecule has 0 saturated carbocycles. The van der Waals surface area contributed by atoms with Crippen LogP contribution in [-0.2, 0) is 0 Å². The normalized spacial score (nSPS) is 20.8. The minimum atomic E-state index is 0.0956. The van der Waals surface area contributed by atoms with Crippen LogP contribution in [0.15, 0.2) is 18.2 Å². The van der Waals surface area contributed by atoms with E-state index in [4.69, 9.17) is 11.6 Å². The van der Waals surface area contributed by atoms with Crippen LogP contribution in [-0.4, -0.2) is 61.0 Å². The number of rotatable bonds is 2. The van der Waals surface area contributed by atoms with Crippen molar-refractivity contribution in [1.29, 1.82) is 0 Å². The van der Waals surface area contributed by atoms with E-state index >= 15 is 0 Å². The van der Waals surface area contributed by atoms with E-state index in [2.05, 4.69) is 10.2 Å². The summed E-state index contributed by atoms with van der Waals surface area (Å²) in [5.74, 6) is 0.0956. The largest absolute Gasteiger partial charge is 0.336 e. The Morgan fingerprint density at radius 3 is 2.50 bits per heavy atom. The van der Waals surface area contributed by atoms with Gasteiger partial charge in [-0.1, -0.05) is 17.7 Å². The molecule has 4 nitrogen and oxygen atoms in total. The Bertz CT molecular complexity index is 508. The topological polar surface area (TPSA) is 35.6 Å². The number of nitrogens with one attached hydrogen (secondary N) is 1. The van der Waals surface area contributed by atoms with Gasteiger partial charge < -0.3 is 10.2 Å². The summed E-state index contributed by atoms with van der Waals surface area (Å²) in [5, 5.41) is 3.96. The van der Waals surface area contributed by atoms with E-state index in [0.29, 0.717) is 16.6 Å². The van der Waals surface area contributed by atoms with Crippen LogP contribution in [0, 0.1) is 6.92 Å². The Kier molecular flexibility index (Phi) is 3.96. The molecule has 2 fully saturated rings. The van der Waals surface area contributed by atoms with Gasteiger partial charge in [0.15, 0.2) is 0 Å². The highest BCUT2D eigenvalue weighted by atomic mass is 35.5. The van der Waals surface area contributed by atoms with Gasteiger partial charge in [-0.25, -0.2) is 0 Å². The summed E-state index contributed by atoms with van der Waals surface area (Å²) in [6.07, 6.45) is 0. The van der Waals surface area contributed by atoms with Gasteiger partial charge >= 0.3 is 0 Å². The monoisotopic (exact) mass is 293 g/mol. The Labute approximate surface area is 124 Å². The van der Waals surface area contributed by atoms with Gasteiger partial charge in [0.2, 0.25) is 0 Å². The number of halogens is 1. The molecule has 2 aliphatic rings. The number of carbonyl (C=O) groups is 1. The molecule has 1 aromatic rings. The number of hydrogen-bond acceptors (Lipinski definition) is 3. The van der Waals surface area contributed by atoms with E-state index in [0.717, 1.165) is 44.8 Å². The zero-order chi connectivity index (χ0) is 14.1. The number of carbonyl (C=O) groups excluding carboxylic acids is 1. The molecule has 20 heavy (non-hydrogen) atoms. The third-order valence-electron chi connectivity index (χ3n) is 4.30. The van der Waals surface area contributed by atoms with Crippen molar-refractivity contribution < 1.29 is 4.79 Å². The van der Waals surface area contributed by atoms with Crippen LogP contribution in [0.2, 0.25) is 5.02 Å². The lowest BCUT2D eigenvalue weighted by Crippen LogP contribution is -2.62. The average molecular weight is 294 g/mol. The van der Waals surface area contributed by atoms with Gasteiger partial charge in [0.25, 0.3) is 5.91 Å². The highest BCUT2D eigenvalue weighted by Crippen LogP contribution is 2.19. The van der Waals surface area contributed by atoms with Gasteiger partial charge in [-0.3, -0.25) is 9.69 Å². The number of benzene rings is 1. The van der Waals surface area contributed by atoms with Crippen LogP contribution in [0.4, 0.5) is 0 Å². The van der Waals surface area contributed by atoms with Gasteiger partial charge in [0.1, 0.15) is 0 Å². The van der Waals surface area contributed by atoms with Crippen molar-refractivity contribution in [3.05, 3.63) is 34.3 Å². The fourth-order valence-corrected chi connectivity index (χ4v) is 2.91. The molecule has 2 saturated heterocycles. The molecule has 0 aromatic heterocycles. The van der Waals surface area contributed by atoms with Gasteiger partial charge in [0.05, 0.1) is 0 Å². The van der Waals surface area contributed by atoms with Crippen molar-refractivity contribution in [2.75, 3.05) is 39.3 Å². The molecule has 5 heteroatoms. The first kappa shape index (κ1) is 13.9. The Hall–Kier alpha value is -1.10. The van der Waals surface area contributed by atoms with Gasteiger partial charge in [0, 0.05) is 55.9 Å². The van der Waals surface area contributed by atoms with Crippen molar-refractivity contribution in [2.24, 2.45) is 0 Å². The van der Waals surface area contributed by atoms with Crippen molar-refractivity contribution in [2.45, 2.75) is 13.0 Å². The van der Waals surface area contributed by atoms with E-state index in [1.54, 1.807) is 6.07 Å². The van der Waals surface area contributed by atoms with E-state index in [1.165, 1.54) is 0 Å². The summed E-state index contributed by atoms with van der Waals surface area (Å²) in [6, 6.07) is 6.22. The minimum absolute atomic E-state index is 0.0956. The maximum Gasteiger partial charge on any atom is 0.253 e. The highest BCUT2D eigenvalue weighted by molar-refractivity contribution is 6.31. The smallest absolute Gasteiger partial charge is 0.253 e. The molecular weight excluding hydrogens is 274 g/mol. The Morgan fingerprint density at radius 2 is 1.95 bits per heavy atom. The molecule has 0 unspecified atom stereocenters. The summed E-state index contributed by atoms with van der Waals surface area (Å²) in [5.41, 5.74) is 1.70. The van der Waals surface area contributed by atoms with Crippen LogP contribution >= 0.6 is 11.6 Å². The maximum atomic E-state index is 12.5. The number of nitrogens with zero attached hydrogens (tertiary/aromatic N) is 2. The number of amides is 1. The van der Waals surface area contributed by atoms with Gasteiger partial charge in [-0.05, 0) is 24.6 Å². The first-order chi connectivity index (χ1) is 9.65. The van der Waals surface area contributed by atoms with Crippen molar-refractivity contribution in [3.63, 3.8) is 0 Å². The molecule has 0 aliphatic carbocycles. The van der Waals surface area contributed by atoms with Crippen LogP contribution in [0.25, 0.3) is 0 Å². The lowest BCUT2D eigenvalue weighted by atomic mass is 10.1. The second-order valence-electron chi connectivity index (χ2n) is 5.60. The highest BCUT2D eigenvalue weighted by Gasteiger charge is 2.29. The van der Waals surface area contributed by atoms with Crippen molar-refractivity contribution in [1.82, 2.24) is 15.1 Å². The molecule has 1 amide bonds. The molecule has 0 radical (unpaired) electrons. The zero-order valence-electron chi connectivity index (χ0n) is 11.7. The molecule has 0 atom stereocenters. The summed E-state index contributed by atoms with van der Waals surface area (Å²) >= 11 is 6.10. The fourth-order valence-electron chi connectivity index (χ4n) is 2.73. The van der Waals surface area contributed by atoms with E-state index < -0.39 is 0 Å². The van der Waals surface area contributed by atoms with E-state index in [-0.39, 0.29) is 5.91 Å². The summed E-state index contributed by atoms with van der Waals surface area (Å²) in [7, 11) is 0. The summed E-state index contributed by atoms with van der Waals surface area (Å²) in [4.78, 5) is 16.9. The predicted octanol–water partition coefficient (Wildman–Crippen LogP) is 1.38. The molecule has 2 heterocycles.